The van der Waals surface area contributed by atoms with Crippen LogP contribution in [-0.2, 0) is 4.79 Å². The van der Waals surface area contributed by atoms with Crippen molar-refractivity contribution in [3.63, 3.8) is 0 Å². The first-order chi connectivity index (χ1) is 5.79. The normalized spacial score (nSPS) is 13.6. The summed E-state index contributed by atoms with van der Waals surface area (Å²) in [5.41, 5.74) is 0. The van der Waals surface area contributed by atoms with Gasteiger partial charge in [-0.15, -0.1) is 0 Å². The Morgan fingerprint density at radius 3 is 2.46 bits per heavy atom. The second-order valence-corrected chi connectivity index (χ2v) is 2.48. The number of aliphatic hydroxyl groups is 1. The van der Waals surface area contributed by atoms with E-state index in [9.17, 15) is 18.0 Å². The minimum Gasteiger partial charge on any atom is -0.382 e. The SMILES string of the molecule is C=CC(=O)N(C)CC(O)C(F)(F)F. The highest BCUT2D eigenvalue weighted by molar-refractivity contribution is 5.86. The van der Waals surface area contributed by atoms with Crippen molar-refractivity contribution in [2.75, 3.05) is 13.6 Å². The zero-order valence-corrected chi connectivity index (χ0v) is 7.01. The van der Waals surface area contributed by atoms with Crippen molar-refractivity contribution in [2.45, 2.75) is 12.3 Å². The maximum atomic E-state index is 11.8. The molecule has 6 heteroatoms. The van der Waals surface area contributed by atoms with Crippen molar-refractivity contribution in [1.29, 1.82) is 0 Å². The van der Waals surface area contributed by atoms with Gasteiger partial charge >= 0.3 is 6.18 Å². The minimum atomic E-state index is -4.70. The van der Waals surface area contributed by atoms with E-state index < -0.39 is 24.7 Å². The minimum absolute atomic E-state index is 0.664. The summed E-state index contributed by atoms with van der Waals surface area (Å²) in [5.74, 6) is -0.664. The van der Waals surface area contributed by atoms with Gasteiger partial charge in [0.15, 0.2) is 6.10 Å². The van der Waals surface area contributed by atoms with Crippen LogP contribution < -0.4 is 0 Å². The number of alkyl halides is 3. The molecule has 0 aliphatic heterocycles. The van der Waals surface area contributed by atoms with E-state index in [1.807, 2.05) is 0 Å². The van der Waals surface area contributed by atoms with E-state index in [0.717, 1.165) is 18.0 Å². The van der Waals surface area contributed by atoms with Crippen LogP contribution in [0.1, 0.15) is 0 Å². The predicted octanol–water partition coefficient (Wildman–Crippen LogP) is 0.554. The molecule has 3 nitrogen and oxygen atoms in total. The number of rotatable bonds is 3. The molecule has 0 aromatic rings. The molecule has 0 aliphatic carbocycles. The molecule has 0 aliphatic rings. The summed E-state index contributed by atoms with van der Waals surface area (Å²) in [5, 5.41) is 8.55. The number of hydrogen-bond donors (Lipinski definition) is 1. The summed E-state index contributed by atoms with van der Waals surface area (Å²) >= 11 is 0. The van der Waals surface area contributed by atoms with E-state index in [1.165, 1.54) is 0 Å². The molecule has 0 heterocycles. The van der Waals surface area contributed by atoms with Gasteiger partial charge in [-0.25, -0.2) is 0 Å². The summed E-state index contributed by atoms with van der Waals surface area (Å²) in [6.45, 7) is 2.31. The van der Waals surface area contributed by atoms with Crippen LogP contribution in [0.4, 0.5) is 13.2 Å². The van der Waals surface area contributed by atoms with Crippen LogP contribution in [0.2, 0.25) is 0 Å². The number of amides is 1. The number of carbonyl (C=O) groups is 1. The lowest BCUT2D eigenvalue weighted by Gasteiger charge is -2.21. The first kappa shape index (κ1) is 12.0. The molecule has 0 fully saturated rings. The Hall–Kier alpha value is -1.04. The molecule has 76 valence electrons. The topological polar surface area (TPSA) is 40.5 Å². The zero-order valence-electron chi connectivity index (χ0n) is 7.01. The van der Waals surface area contributed by atoms with E-state index >= 15 is 0 Å². The average Bonchev–Trinajstić information content (AvgIpc) is 2.01. The fraction of sp³-hybridized carbons (Fsp3) is 0.571. The standard InChI is InChI=1S/C7H10F3NO2/c1-3-6(13)11(2)4-5(12)7(8,9)10/h3,5,12H,1,4H2,2H3. The average molecular weight is 197 g/mol. The van der Waals surface area contributed by atoms with Crippen molar-refractivity contribution in [2.24, 2.45) is 0 Å². The number of likely N-dealkylation sites (N-methyl/N-ethyl adjacent to an activating group) is 1. The number of halogens is 3. The van der Waals surface area contributed by atoms with Crippen LogP contribution in [0.3, 0.4) is 0 Å². The van der Waals surface area contributed by atoms with Crippen molar-refractivity contribution >= 4 is 5.91 Å². The van der Waals surface area contributed by atoms with E-state index in [0.29, 0.717) is 0 Å². The Morgan fingerprint density at radius 2 is 2.15 bits per heavy atom. The van der Waals surface area contributed by atoms with E-state index in [4.69, 9.17) is 5.11 Å². The second-order valence-electron chi connectivity index (χ2n) is 2.48. The first-order valence-electron chi connectivity index (χ1n) is 3.41. The number of carbonyl (C=O) groups excluding carboxylic acids is 1. The Morgan fingerprint density at radius 1 is 1.69 bits per heavy atom. The van der Waals surface area contributed by atoms with Gasteiger partial charge in [0.1, 0.15) is 0 Å². The molecule has 0 spiro atoms. The highest BCUT2D eigenvalue weighted by atomic mass is 19.4. The third kappa shape index (κ3) is 3.93. The highest BCUT2D eigenvalue weighted by Gasteiger charge is 2.39. The van der Waals surface area contributed by atoms with Gasteiger partial charge in [-0.3, -0.25) is 4.79 Å². The Labute approximate surface area is 73.5 Å². The molecule has 0 radical (unpaired) electrons. The van der Waals surface area contributed by atoms with E-state index in [2.05, 4.69) is 6.58 Å². The number of hydrogen-bond acceptors (Lipinski definition) is 2. The Balaban J connectivity index is 4.14. The molecule has 1 atom stereocenters. The summed E-state index contributed by atoms with van der Waals surface area (Å²) in [6.07, 6.45) is -6.33. The molecule has 1 unspecified atom stereocenters. The van der Waals surface area contributed by atoms with Gasteiger partial charge in [-0.2, -0.15) is 13.2 Å². The summed E-state index contributed by atoms with van der Waals surface area (Å²) in [7, 11) is 1.15. The van der Waals surface area contributed by atoms with E-state index in [-0.39, 0.29) is 0 Å². The molecular formula is C7H10F3NO2. The fourth-order valence-corrected chi connectivity index (χ4v) is 0.609. The summed E-state index contributed by atoms with van der Waals surface area (Å²) in [6, 6.07) is 0. The van der Waals surface area contributed by atoms with Gasteiger partial charge < -0.3 is 10.0 Å². The predicted molar refractivity (Wildman–Crippen MR) is 39.9 cm³/mol. The largest absolute Gasteiger partial charge is 0.416 e. The molecule has 0 saturated carbocycles. The van der Waals surface area contributed by atoms with Crippen molar-refractivity contribution in [3.05, 3.63) is 12.7 Å². The summed E-state index contributed by atoms with van der Waals surface area (Å²) in [4.78, 5) is 11.4. The number of nitrogens with zero attached hydrogens (tertiary/aromatic N) is 1. The van der Waals surface area contributed by atoms with Crippen molar-refractivity contribution < 1.29 is 23.1 Å². The van der Waals surface area contributed by atoms with Gasteiger partial charge in [0.2, 0.25) is 5.91 Å². The molecule has 0 aromatic carbocycles. The van der Waals surface area contributed by atoms with Crippen LogP contribution in [0, 0.1) is 0 Å². The lowest BCUT2D eigenvalue weighted by atomic mass is 10.3. The Bertz CT molecular complexity index is 202. The second kappa shape index (κ2) is 4.27. The summed E-state index contributed by atoms with van der Waals surface area (Å²) < 4.78 is 35.3. The quantitative estimate of drug-likeness (QED) is 0.671. The molecule has 1 amide bonds. The zero-order chi connectivity index (χ0) is 10.6. The van der Waals surface area contributed by atoms with Crippen LogP contribution in [0.5, 0.6) is 0 Å². The molecule has 0 bridgehead atoms. The first-order valence-corrected chi connectivity index (χ1v) is 3.41. The van der Waals surface area contributed by atoms with Gasteiger partial charge in [0.25, 0.3) is 0 Å². The monoisotopic (exact) mass is 197 g/mol. The molecule has 0 rings (SSSR count). The van der Waals surface area contributed by atoms with Crippen LogP contribution in [0.25, 0.3) is 0 Å². The van der Waals surface area contributed by atoms with Crippen molar-refractivity contribution in [3.8, 4) is 0 Å². The van der Waals surface area contributed by atoms with Crippen LogP contribution >= 0.6 is 0 Å². The fourth-order valence-electron chi connectivity index (χ4n) is 0.609. The van der Waals surface area contributed by atoms with Gasteiger partial charge in [0.05, 0.1) is 6.54 Å². The van der Waals surface area contributed by atoms with Gasteiger partial charge in [-0.1, -0.05) is 6.58 Å². The maximum Gasteiger partial charge on any atom is 0.416 e. The third-order valence-electron chi connectivity index (χ3n) is 1.38. The molecule has 0 aromatic heterocycles. The molecule has 1 N–H and O–H groups in total. The van der Waals surface area contributed by atoms with Crippen LogP contribution in [-0.4, -0.2) is 41.8 Å². The van der Waals surface area contributed by atoms with Crippen molar-refractivity contribution in [1.82, 2.24) is 4.90 Å². The Kier molecular flexibility index (Phi) is 3.93. The molecule has 0 saturated heterocycles. The molecule has 13 heavy (non-hydrogen) atoms. The third-order valence-corrected chi connectivity index (χ3v) is 1.38. The van der Waals surface area contributed by atoms with E-state index in [1.54, 1.807) is 0 Å². The molecular weight excluding hydrogens is 187 g/mol. The van der Waals surface area contributed by atoms with Crippen LogP contribution in [0.15, 0.2) is 12.7 Å². The maximum absolute atomic E-state index is 11.8. The lowest BCUT2D eigenvalue weighted by Crippen LogP contribution is -2.41. The smallest absolute Gasteiger partial charge is 0.382 e. The lowest BCUT2D eigenvalue weighted by molar-refractivity contribution is -0.207. The number of aliphatic hydroxyl groups excluding tert-OH is 1. The van der Waals surface area contributed by atoms with Gasteiger partial charge in [-0.05, 0) is 6.08 Å². The van der Waals surface area contributed by atoms with Gasteiger partial charge in [0, 0.05) is 7.05 Å². The highest BCUT2D eigenvalue weighted by Crippen LogP contribution is 2.20.